The van der Waals surface area contributed by atoms with Crippen LogP contribution in [-0.4, -0.2) is 11.5 Å². The van der Waals surface area contributed by atoms with Gasteiger partial charge < -0.3 is 9.73 Å². The van der Waals surface area contributed by atoms with E-state index < -0.39 is 0 Å². The molecular formula is C14H17ClN2O. The van der Waals surface area contributed by atoms with E-state index in [-0.39, 0.29) is 0 Å². The zero-order chi connectivity index (χ0) is 13.0. The number of nitrogens with one attached hydrogen (secondary N) is 1. The van der Waals surface area contributed by atoms with Gasteiger partial charge in [-0.05, 0) is 43.7 Å². The van der Waals surface area contributed by atoms with E-state index in [4.69, 9.17) is 16.0 Å². The Labute approximate surface area is 112 Å². The average Bonchev–Trinajstić information content (AvgIpc) is 2.82. The third-order valence-corrected chi connectivity index (χ3v) is 3.12. The molecule has 1 aromatic carbocycles. The van der Waals surface area contributed by atoms with Crippen LogP contribution in [0.4, 0.5) is 0 Å². The fraction of sp³-hybridized carbons (Fsp3) is 0.357. The van der Waals surface area contributed by atoms with Gasteiger partial charge in [-0.1, -0.05) is 18.5 Å². The number of hydrogen-bond acceptors (Lipinski definition) is 3. The lowest BCUT2D eigenvalue weighted by Gasteiger charge is -2.01. The lowest BCUT2D eigenvalue weighted by atomic mass is 10.1. The van der Waals surface area contributed by atoms with Crippen LogP contribution in [0.25, 0.3) is 11.3 Å². The van der Waals surface area contributed by atoms with Gasteiger partial charge in [0.05, 0.1) is 12.7 Å². The molecule has 0 aliphatic rings. The van der Waals surface area contributed by atoms with Crippen LogP contribution in [0.3, 0.4) is 0 Å². The zero-order valence-corrected chi connectivity index (χ0v) is 11.4. The molecule has 1 N–H and O–H groups in total. The topological polar surface area (TPSA) is 38.1 Å². The van der Waals surface area contributed by atoms with Crippen molar-refractivity contribution in [1.29, 1.82) is 0 Å². The Balaban J connectivity index is 2.11. The average molecular weight is 265 g/mol. The van der Waals surface area contributed by atoms with E-state index in [1.165, 1.54) is 0 Å². The minimum Gasteiger partial charge on any atom is -0.439 e. The van der Waals surface area contributed by atoms with Crippen LogP contribution in [-0.2, 0) is 6.54 Å². The Hall–Kier alpha value is -1.32. The Morgan fingerprint density at radius 3 is 2.94 bits per heavy atom. The molecule has 0 aliphatic heterocycles. The summed E-state index contributed by atoms with van der Waals surface area (Å²) in [7, 11) is 0. The molecule has 0 amide bonds. The van der Waals surface area contributed by atoms with Crippen molar-refractivity contribution in [2.45, 2.75) is 26.8 Å². The predicted octanol–water partition coefficient (Wildman–Crippen LogP) is 3.80. The summed E-state index contributed by atoms with van der Waals surface area (Å²) < 4.78 is 5.69. The van der Waals surface area contributed by atoms with Gasteiger partial charge in [-0.15, -0.1) is 0 Å². The van der Waals surface area contributed by atoms with Gasteiger partial charge in [0, 0.05) is 10.6 Å². The van der Waals surface area contributed by atoms with Crippen LogP contribution in [0.5, 0.6) is 0 Å². The van der Waals surface area contributed by atoms with Crippen LogP contribution in [0.1, 0.15) is 24.8 Å². The number of oxazole rings is 1. The molecule has 0 aliphatic carbocycles. The van der Waals surface area contributed by atoms with Crippen molar-refractivity contribution in [3.8, 4) is 11.3 Å². The van der Waals surface area contributed by atoms with Gasteiger partial charge in [0.25, 0.3) is 0 Å². The second kappa shape index (κ2) is 6.03. The number of hydrogen-bond donors (Lipinski definition) is 1. The Morgan fingerprint density at radius 2 is 2.22 bits per heavy atom. The summed E-state index contributed by atoms with van der Waals surface area (Å²) in [6.07, 6.45) is 2.86. The zero-order valence-electron chi connectivity index (χ0n) is 10.7. The molecule has 96 valence electrons. The third kappa shape index (κ3) is 3.12. The number of benzene rings is 1. The molecule has 1 heterocycles. The highest BCUT2D eigenvalue weighted by atomic mass is 35.5. The molecule has 3 nitrogen and oxygen atoms in total. The molecule has 4 heteroatoms. The highest BCUT2D eigenvalue weighted by Crippen LogP contribution is 2.25. The first-order valence-corrected chi connectivity index (χ1v) is 6.50. The molecule has 0 saturated heterocycles. The smallest absolute Gasteiger partial charge is 0.208 e. The predicted molar refractivity (Wildman–Crippen MR) is 73.7 cm³/mol. The summed E-state index contributed by atoms with van der Waals surface area (Å²) in [6.45, 7) is 5.74. The molecule has 2 aromatic rings. The van der Waals surface area contributed by atoms with Gasteiger partial charge >= 0.3 is 0 Å². The molecule has 1 aromatic heterocycles. The second-order valence-corrected chi connectivity index (χ2v) is 4.67. The number of rotatable bonds is 5. The minimum absolute atomic E-state index is 0.667. The monoisotopic (exact) mass is 264 g/mol. The summed E-state index contributed by atoms with van der Waals surface area (Å²) in [5.41, 5.74) is 2.04. The van der Waals surface area contributed by atoms with Crippen LogP contribution >= 0.6 is 11.6 Å². The van der Waals surface area contributed by atoms with E-state index >= 15 is 0 Å². The van der Waals surface area contributed by atoms with E-state index in [0.717, 1.165) is 34.9 Å². The van der Waals surface area contributed by atoms with Gasteiger partial charge in [0.1, 0.15) is 0 Å². The quantitative estimate of drug-likeness (QED) is 0.835. The first kappa shape index (κ1) is 13.1. The van der Waals surface area contributed by atoms with Crippen molar-refractivity contribution in [2.75, 3.05) is 6.54 Å². The van der Waals surface area contributed by atoms with E-state index in [1.54, 1.807) is 6.20 Å². The first-order chi connectivity index (χ1) is 8.70. The lowest BCUT2D eigenvalue weighted by molar-refractivity contribution is 0.478. The van der Waals surface area contributed by atoms with E-state index in [9.17, 15) is 0 Å². The Kier molecular flexibility index (Phi) is 4.39. The van der Waals surface area contributed by atoms with E-state index in [1.807, 2.05) is 25.1 Å². The SMILES string of the molecule is CCCNCc1ncc(-c2ccc(Cl)c(C)c2)o1. The van der Waals surface area contributed by atoms with Crippen molar-refractivity contribution in [3.05, 3.63) is 40.9 Å². The largest absolute Gasteiger partial charge is 0.439 e. The van der Waals surface area contributed by atoms with Crippen LogP contribution < -0.4 is 5.32 Å². The maximum atomic E-state index is 6.00. The van der Waals surface area contributed by atoms with Crippen molar-refractivity contribution in [2.24, 2.45) is 0 Å². The molecule has 0 bridgehead atoms. The van der Waals surface area contributed by atoms with Crippen LogP contribution in [0.15, 0.2) is 28.8 Å². The molecule has 0 atom stereocenters. The molecule has 0 spiro atoms. The van der Waals surface area contributed by atoms with Gasteiger partial charge in [-0.25, -0.2) is 4.98 Å². The number of aryl methyl sites for hydroxylation is 1. The summed E-state index contributed by atoms with van der Waals surface area (Å²) in [5, 5.41) is 4.03. The molecule has 2 rings (SSSR count). The fourth-order valence-corrected chi connectivity index (χ4v) is 1.81. The standard InChI is InChI=1S/C14H17ClN2O/c1-3-6-16-9-14-17-8-13(18-14)11-4-5-12(15)10(2)7-11/h4-5,7-8,16H,3,6,9H2,1-2H3. The van der Waals surface area contributed by atoms with Crippen molar-refractivity contribution in [1.82, 2.24) is 10.3 Å². The fourth-order valence-electron chi connectivity index (χ4n) is 1.70. The summed E-state index contributed by atoms with van der Waals surface area (Å²) >= 11 is 6.00. The minimum atomic E-state index is 0.667. The molecular weight excluding hydrogens is 248 g/mol. The van der Waals surface area contributed by atoms with Crippen molar-refractivity contribution < 1.29 is 4.42 Å². The molecule has 0 fully saturated rings. The van der Waals surface area contributed by atoms with Gasteiger partial charge in [-0.2, -0.15) is 0 Å². The number of halogens is 1. The maximum absolute atomic E-state index is 6.00. The first-order valence-electron chi connectivity index (χ1n) is 6.12. The highest BCUT2D eigenvalue weighted by molar-refractivity contribution is 6.31. The Bertz CT molecular complexity index is 522. The Morgan fingerprint density at radius 1 is 1.39 bits per heavy atom. The molecule has 0 unspecified atom stereocenters. The van der Waals surface area contributed by atoms with Crippen molar-refractivity contribution in [3.63, 3.8) is 0 Å². The maximum Gasteiger partial charge on any atom is 0.208 e. The van der Waals surface area contributed by atoms with Gasteiger partial charge in [0.15, 0.2) is 5.76 Å². The number of aromatic nitrogens is 1. The second-order valence-electron chi connectivity index (χ2n) is 4.26. The summed E-state index contributed by atoms with van der Waals surface area (Å²) in [5.74, 6) is 1.49. The molecule has 0 saturated carbocycles. The molecule has 18 heavy (non-hydrogen) atoms. The van der Waals surface area contributed by atoms with E-state index in [2.05, 4.69) is 17.2 Å². The summed E-state index contributed by atoms with van der Waals surface area (Å²) in [4.78, 5) is 4.25. The normalized spacial score (nSPS) is 10.8. The van der Waals surface area contributed by atoms with Crippen molar-refractivity contribution >= 4 is 11.6 Å². The van der Waals surface area contributed by atoms with Gasteiger partial charge in [0.2, 0.25) is 5.89 Å². The van der Waals surface area contributed by atoms with E-state index in [0.29, 0.717) is 12.4 Å². The number of nitrogens with zero attached hydrogens (tertiary/aromatic N) is 1. The summed E-state index contributed by atoms with van der Waals surface area (Å²) in [6, 6.07) is 5.83. The van der Waals surface area contributed by atoms with Crippen LogP contribution in [0, 0.1) is 6.92 Å². The molecule has 0 radical (unpaired) electrons. The highest BCUT2D eigenvalue weighted by Gasteiger charge is 2.07. The third-order valence-electron chi connectivity index (χ3n) is 2.70. The lowest BCUT2D eigenvalue weighted by Crippen LogP contribution is -2.13. The van der Waals surface area contributed by atoms with Gasteiger partial charge in [-0.3, -0.25) is 0 Å². The van der Waals surface area contributed by atoms with Crippen LogP contribution in [0.2, 0.25) is 5.02 Å².